The van der Waals surface area contributed by atoms with E-state index in [1.54, 1.807) is 0 Å². The van der Waals surface area contributed by atoms with Crippen molar-refractivity contribution in [1.29, 1.82) is 0 Å². The predicted octanol–water partition coefficient (Wildman–Crippen LogP) is -2.05. The molecule has 8 heteroatoms. The summed E-state index contributed by atoms with van der Waals surface area (Å²) in [4.78, 5) is 35.1. The molecular weight excluding hydrogens is 226 g/mol. The summed E-state index contributed by atoms with van der Waals surface area (Å²) in [6.45, 7) is -0.263. The number of carbonyl (C=O) groups is 3. The number of piperazine rings is 1. The Morgan fingerprint density at radius 2 is 2.06 bits per heavy atom. The van der Waals surface area contributed by atoms with E-state index in [1.165, 1.54) is 22.0 Å². The van der Waals surface area contributed by atoms with Gasteiger partial charge in [-0.3, -0.25) is 24.4 Å². The summed E-state index contributed by atoms with van der Waals surface area (Å²) in [5, 5.41) is 5.97. The van der Waals surface area contributed by atoms with E-state index in [-0.39, 0.29) is 25.5 Å². The van der Waals surface area contributed by atoms with Crippen LogP contribution in [0.4, 0.5) is 5.69 Å². The molecule has 0 bridgehead atoms. The Morgan fingerprint density at radius 3 is 2.59 bits per heavy atom. The van der Waals surface area contributed by atoms with E-state index in [0.717, 1.165) is 0 Å². The summed E-state index contributed by atoms with van der Waals surface area (Å²) < 4.78 is 1.36. The third-order valence-corrected chi connectivity index (χ3v) is 2.25. The summed E-state index contributed by atoms with van der Waals surface area (Å²) in [5.74, 6) is -1.31. The average Bonchev–Trinajstić information content (AvgIpc) is 2.62. The van der Waals surface area contributed by atoms with Crippen LogP contribution in [0.3, 0.4) is 0 Å². The van der Waals surface area contributed by atoms with Gasteiger partial charge in [0.05, 0.1) is 11.9 Å². The molecule has 0 aromatic carbocycles. The monoisotopic (exact) mass is 237 g/mol. The third kappa shape index (κ3) is 2.60. The van der Waals surface area contributed by atoms with Gasteiger partial charge in [0.2, 0.25) is 17.7 Å². The summed E-state index contributed by atoms with van der Waals surface area (Å²) in [6, 6.07) is 0. The Labute approximate surface area is 96.4 Å². The standard InChI is InChI=1S/C9H11N5O3/c10-6-1-11-14(2-6)5-9(17)13-3-7(15)12-8(16)4-13/h1-2H,3-5,10H2,(H,12,15,16). The fourth-order valence-corrected chi connectivity index (χ4v) is 1.52. The lowest BCUT2D eigenvalue weighted by Crippen LogP contribution is -2.54. The molecule has 0 atom stereocenters. The van der Waals surface area contributed by atoms with Crippen molar-refractivity contribution in [2.75, 3.05) is 18.8 Å². The smallest absolute Gasteiger partial charge is 0.246 e. The van der Waals surface area contributed by atoms with Crippen LogP contribution in [0.15, 0.2) is 12.4 Å². The van der Waals surface area contributed by atoms with Crippen LogP contribution < -0.4 is 11.1 Å². The van der Waals surface area contributed by atoms with Crippen molar-refractivity contribution < 1.29 is 14.4 Å². The highest BCUT2D eigenvalue weighted by atomic mass is 16.2. The number of rotatable bonds is 2. The van der Waals surface area contributed by atoms with Gasteiger partial charge in [-0.2, -0.15) is 5.10 Å². The topological polar surface area (TPSA) is 110 Å². The van der Waals surface area contributed by atoms with E-state index < -0.39 is 11.8 Å². The number of nitrogen functional groups attached to an aromatic ring is 1. The maximum atomic E-state index is 11.8. The van der Waals surface area contributed by atoms with Crippen LogP contribution in [0.25, 0.3) is 0 Å². The Balaban J connectivity index is 2.00. The number of hydrogen-bond acceptors (Lipinski definition) is 5. The van der Waals surface area contributed by atoms with Gasteiger partial charge in [0.25, 0.3) is 0 Å². The van der Waals surface area contributed by atoms with Crippen molar-refractivity contribution >= 4 is 23.4 Å². The van der Waals surface area contributed by atoms with Gasteiger partial charge in [-0.25, -0.2) is 0 Å². The van der Waals surface area contributed by atoms with Gasteiger partial charge in [0.1, 0.15) is 19.6 Å². The molecule has 0 radical (unpaired) electrons. The van der Waals surface area contributed by atoms with Gasteiger partial charge < -0.3 is 10.6 Å². The van der Waals surface area contributed by atoms with Crippen molar-refractivity contribution in [3.05, 3.63) is 12.4 Å². The van der Waals surface area contributed by atoms with Crippen LogP contribution in [0.2, 0.25) is 0 Å². The number of anilines is 1. The number of amides is 3. The van der Waals surface area contributed by atoms with E-state index in [2.05, 4.69) is 10.4 Å². The van der Waals surface area contributed by atoms with E-state index in [1.807, 2.05) is 0 Å². The minimum absolute atomic E-state index is 0.0439. The van der Waals surface area contributed by atoms with E-state index >= 15 is 0 Å². The third-order valence-electron chi connectivity index (χ3n) is 2.25. The number of carbonyl (C=O) groups excluding carboxylic acids is 3. The van der Waals surface area contributed by atoms with Crippen molar-refractivity contribution in [3.63, 3.8) is 0 Å². The first-order valence-corrected chi connectivity index (χ1v) is 4.93. The van der Waals surface area contributed by atoms with Crippen molar-refractivity contribution in [3.8, 4) is 0 Å². The Morgan fingerprint density at radius 1 is 1.41 bits per heavy atom. The molecular formula is C9H11N5O3. The molecule has 2 rings (SSSR count). The fraction of sp³-hybridized carbons (Fsp3) is 0.333. The largest absolute Gasteiger partial charge is 0.396 e. The number of nitrogens with one attached hydrogen (secondary N) is 1. The molecule has 1 saturated heterocycles. The second-order valence-electron chi connectivity index (χ2n) is 3.69. The molecule has 1 aromatic rings. The molecule has 3 amide bonds. The highest BCUT2D eigenvalue weighted by Gasteiger charge is 2.26. The van der Waals surface area contributed by atoms with Gasteiger partial charge in [-0.15, -0.1) is 0 Å². The first-order chi connectivity index (χ1) is 8.04. The minimum atomic E-state index is -0.477. The maximum absolute atomic E-state index is 11.8. The zero-order chi connectivity index (χ0) is 12.4. The van der Waals surface area contributed by atoms with Gasteiger partial charge >= 0.3 is 0 Å². The first kappa shape index (κ1) is 11.1. The van der Waals surface area contributed by atoms with Crippen molar-refractivity contribution in [2.24, 2.45) is 0 Å². The number of nitrogens with zero attached hydrogens (tertiary/aromatic N) is 3. The fourth-order valence-electron chi connectivity index (χ4n) is 1.52. The summed E-state index contributed by atoms with van der Waals surface area (Å²) in [6.07, 6.45) is 2.92. The molecule has 0 aliphatic carbocycles. The molecule has 90 valence electrons. The van der Waals surface area contributed by atoms with Crippen LogP contribution in [0.5, 0.6) is 0 Å². The van der Waals surface area contributed by atoms with E-state index in [9.17, 15) is 14.4 Å². The Bertz CT molecular complexity index is 465. The lowest BCUT2D eigenvalue weighted by Gasteiger charge is -2.25. The molecule has 8 nitrogen and oxygen atoms in total. The second kappa shape index (κ2) is 4.24. The van der Waals surface area contributed by atoms with Crippen molar-refractivity contribution in [2.45, 2.75) is 6.54 Å². The lowest BCUT2D eigenvalue weighted by molar-refractivity contribution is -0.145. The number of hydrogen-bond donors (Lipinski definition) is 2. The predicted molar refractivity (Wildman–Crippen MR) is 56.4 cm³/mol. The quantitative estimate of drug-likeness (QED) is 0.575. The van der Waals surface area contributed by atoms with Gasteiger partial charge in [-0.05, 0) is 0 Å². The molecule has 17 heavy (non-hydrogen) atoms. The molecule has 2 heterocycles. The van der Waals surface area contributed by atoms with Crippen molar-refractivity contribution in [1.82, 2.24) is 20.0 Å². The highest BCUT2D eigenvalue weighted by molar-refractivity contribution is 6.02. The van der Waals surface area contributed by atoms with Gasteiger partial charge in [-0.1, -0.05) is 0 Å². The average molecular weight is 237 g/mol. The van der Waals surface area contributed by atoms with Crippen LogP contribution in [0.1, 0.15) is 0 Å². The van der Waals surface area contributed by atoms with Crippen LogP contribution in [-0.2, 0) is 20.9 Å². The lowest BCUT2D eigenvalue weighted by atomic mass is 10.3. The molecule has 1 fully saturated rings. The van der Waals surface area contributed by atoms with E-state index in [0.29, 0.717) is 5.69 Å². The maximum Gasteiger partial charge on any atom is 0.246 e. The molecule has 0 spiro atoms. The minimum Gasteiger partial charge on any atom is -0.396 e. The number of imide groups is 1. The molecule has 0 saturated carbocycles. The Hall–Kier alpha value is -2.38. The SMILES string of the molecule is Nc1cnn(CC(=O)N2CC(=O)NC(=O)C2)c1. The summed E-state index contributed by atoms with van der Waals surface area (Å²) in [7, 11) is 0. The van der Waals surface area contributed by atoms with E-state index in [4.69, 9.17) is 5.73 Å². The molecule has 3 N–H and O–H groups in total. The summed E-state index contributed by atoms with van der Waals surface area (Å²) >= 11 is 0. The zero-order valence-electron chi connectivity index (χ0n) is 8.92. The zero-order valence-corrected chi connectivity index (χ0v) is 8.92. The van der Waals surface area contributed by atoms with Gasteiger partial charge in [0.15, 0.2) is 0 Å². The number of aromatic nitrogens is 2. The molecule has 1 aliphatic heterocycles. The Kier molecular flexibility index (Phi) is 2.77. The molecule has 1 aliphatic rings. The van der Waals surface area contributed by atoms with Crippen LogP contribution >= 0.6 is 0 Å². The highest BCUT2D eigenvalue weighted by Crippen LogP contribution is 2.01. The molecule has 1 aromatic heterocycles. The number of nitrogens with two attached hydrogens (primary N) is 1. The summed E-state index contributed by atoms with van der Waals surface area (Å²) in [5.41, 5.74) is 5.90. The molecule has 0 unspecified atom stereocenters. The second-order valence-corrected chi connectivity index (χ2v) is 3.69. The first-order valence-electron chi connectivity index (χ1n) is 4.93. The van der Waals surface area contributed by atoms with Crippen LogP contribution in [-0.4, -0.2) is 45.5 Å². The van der Waals surface area contributed by atoms with Gasteiger partial charge in [0, 0.05) is 6.20 Å². The van der Waals surface area contributed by atoms with Crippen LogP contribution in [0, 0.1) is 0 Å². The normalized spacial score (nSPS) is 15.9.